The molecule has 3 aromatic rings. The summed E-state index contributed by atoms with van der Waals surface area (Å²) >= 11 is 0. The maximum atomic E-state index is 13.8. The fourth-order valence-electron chi connectivity index (χ4n) is 3.84. The monoisotopic (exact) mass is 599 g/mol. The van der Waals surface area contributed by atoms with Gasteiger partial charge in [-0.2, -0.15) is 5.10 Å². The lowest BCUT2D eigenvalue weighted by atomic mass is 10.2. The van der Waals surface area contributed by atoms with Crippen molar-refractivity contribution in [3.63, 3.8) is 0 Å². The predicted octanol–water partition coefficient (Wildman–Crippen LogP) is 4.64. The maximum absolute atomic E-state index is 13.8. The number of sulfonamides is 1. The Morgan fingerprint density at radius 2 is 1.52 bits per heavy atom. The SMILES string of the molecule is CCCOc1ccc(/C=N\NC(=O)CN(c2ccc(OCC)cc2)S(=O)(=O)c2ccc(OC)c(OC)c2)cc1OCC. The van der Waals surface area contributed by atoms with E-state index in [0.29, 0.717) is 48.4 Å². The summed E-state index contributed by atoms with van der Waals surface area (Å²) in [5.74, 6) is 1.69. The van der Waals surface area contributed by atoms with Gasteiger partial charge < -0.3 is 23.7 Å². The summed E-state index contributed by atoms with van der Waals surface area (Å²) in [6, 6.07) is 15.9. The summed E-state index contributed by atoms with van der Waals surface area (Å²) in [5, 5.41) is 4.03. The number of benzene rings is 3. The van der Waals surface area contributed by atoms with Crippen LogP contribution in [0.15, 0.2) is 70.7 Å². The Labute approximate surface area is 247 Å². The van der Waals surface area contributed by atoms with E-state index in [0.717, 1.165) is 10.7 Å². The van der Waals surface area contributed by atoms with E-state index in [4.69, 9.17) is 23.7 Å². The molecule has 3 rings (SSSR count). The number of methoxy groups -OCH3 is 2. The summed E-state index contributed by atoms with van der Waals surface area (Å²) in [5.41, 5.74) is 3.33. The number of rotatable bonds is 16. The van der Waals surface area contributed by atoms with Gasteiger partial charge in [0.2, 0.25) is 0 Å². The second-order valence-electron chi connectivity index (χ2n) is 8.74. The lowest BCUT2D eigenvalue weighted by Crippen LogP contribution is -2.39. The van der Waals surface area contributed by atoms with E-state index < -0.39 is 22.5 Å². The van der Waals surface area contributed by atoms with Gasteiger partial charge in [-0.15, -0.1) is 0 Å². The molecule has 0 atom stereocenters. The van der Waals surface area contributed by atoms with Gasteiger partial charge in [-0.25, -0.2) is 13.8 Å². The Morgan fingerprint density at radius 1 is 0.833 bits per heavy atom. The van der Waals surface area contributed by atoms with Gasteiger partial charge in [0.15, 0.2) is 23.0 Å². The van der Waals surface area contributed by atoms with Gasteiger partial charge in [0.25, 0.3) is 15.9 Å². The molecular weight excluding hydrogens is 562 g/mol. The average molecular weight is 600 g/mol. The molecule has 0 saturated heterocycles. The van der Waals surface area contributed by atoms with Crippen LogP contribution in [-0.2, 0) is 14.8 Å². The highest BCUT2D eigenvalue weighted by molar-refractivity contribution is 7.92. The van der Waals surface area contributed by atoms with Crippen molar-refractivity contribution in [2.45, 2.75) is 32.1 Å². The Kier molecular flexibility index (Phi) is 11.9. The number of anilines is 1. The highest BCUT2D eigenvalue weighted by Gasteiger charge is 2.28. The van der Waals surface area contributed by atoms with Crippen molar-refractivity contribution in [2.24, 2.45) is 5.10 Å². The van der Waals surface area contributed by atoms with Crippen molar-refractivity contribution in [1.82, 2.24) is 5.43 Å². The lowest BCUT2D eigenvalue weighted by molar-refractivity contribution is -0.119. The summed E-state index contributed by atoms with van der Waals surface area (Å²) in [4.78, 5) is 12.9. The molecule has 3 aromatic carbocycles. The van der Waals surface area contributed by atoms with Gasteiger partial charge in [0.1, 0.15) is 12.3 Å². The highest BCUT2D eigenvalue weighted by atomic mass is 32.2. The number of amides is 1. The third-order valence-corrected chi connectivity index (χ3v) is 7.57. The summed E-state index contributed by atoms with van der Waals surface area (Å²) in [6.45, 7) is 6.65. The minimum Gasteiger partial charge on any atom is -0.494 e. The molecule has 12 heteroatoms. The molecule has 1 amide bonds. The summed E-state index contributed by atoms with van der Waals surface area (Å²) in [6.07, 6.45) is 2.30. The van der Waals surface area contributed by atoms with E-state index in [2.05, 4.69) is 10.5 Å². The first kappa shape index (κ1) is 32.1. The molecule has 42 heavy (non-hydrogen) atoms. The van der Waals surface area contributed by atoms with Gasteiger partial charge in [-0.3, -0.25) is 9.10 Å². The fourth-order valence-corrected chi connectivity index (χ4v) is 5.28. The quantitative estimate of drug-likeness (QED) is 0.187. The van der Waals surface area contributed by atoms with Gasteiger partial charge in [0.05, 0.1) is 50.8 Å². The van der Waals surface area contributed by atoms with Crippen molar-refractivity contribution < 1.29 is 36.9 Å². The number of carbonyl (C=O) groups is 1. The molecule has 0 unspecified atom stereocenters. The minimum absolute atomic E-state index is 0.0841. The first-order valence-corrected chi connectivity index (χ1v) is 14.9. The summed E-state index contributed by atoms with van der Waals surface area (Å²) < 4.78 is 56.0. The number of hydrogen-bond acceptors (Lipinski definition) is 9. The molecule has 226 valence electrons. The molecular formula is C30H37N3O8S. The van der Waals surface area contributed by atoms with Crippen LogP contribution in [0.3, 0.4) is 0 Å². The zero-order valence-corrected chi connectivity index (χ0v) is 25.3. The molecule has 0 heterocycles. The van der Waals surface area contributed by atoms with Crippen molar-refractivity contribution in [3.8, 4) is 28.7 Å². The van der Waals surface area contributed by atoms with Crippen LogP contribution in [0.4, 0.5) is 5.69 Å². The molecule has 1 N–H and O–H groups in total. The molecule has 0 aliphatic rings. The predicted molar refractivity (Wildman–Crippen MR) is 161 cm³/mol. The molecule has 0 bridgehead atoms. The van der Waals surface area contributed by atoms with Crippen LogP contribution in [0, 0.1) is 0 Å². The van der Waals surface area contributed by atoms with E-state index in [1.54, 1.807) is 42.5 Å². The number of ether oxygens (including phenoxy) is 5. The average Bonchev–Trinajstić information content (AvgIpc) is 2.99. The Hall–Kier alpha value is -4.45. The van der Waals surface area contributed by atoms with E-state index >= 15 is 0 Å². The van der Waals surface area contributed by atoms with E-state index in [1.165, 1.54) is 38.6 Å². The topological polar surface area (TPSA) is 125 Å². The Morgan fingerprint density at radius 3 is 2.17 bits per heavy atom. The fraction of sp³-hybridized carbons (Fsp3) is 0.333. The second kappa shape index (κ2) is 15.5. The van der Waals surface area contributed by atoms with Crippen molar-refractivity contribution in [1.29, 1.82) is 0 Å². The number of nitrogens with zero attached hydrogens (tertiary/aromatic N) is 2. The van der Waals surface area contributed by atoms with Crippen LogP contribution in [0.5, 0.6) is 28.7 Å². The third-order valence-electron chi connectivity index (χ3n) is 5.80. The maximum Gasteiger partial charge on any atom is 0.264 e. The van der Waals surface area contributed by atoms with Gasteiger partial charge in [-0.1, -0.05) is 6.92 Å². The summed E-state index contributed by atoms with van der Waals surface area (Å²) in [7, 11) is -1.36. The zero-order valence-electron chi connectivity index (χ0n) is 24.5. The number of nitrogens with one attached hydrogen (secondary N) is 1. The van der Waals surface area contributed by atoms with E-state index in [-0.39, 0.29) is 16.3 Å². The standard InChI is InChI=1S/C30H37N3O8S/c1-6-17-41-27-15-9-22(18-29(27)40-8-3)20-31-32-30(34)21-33(23-10-12-24(13-11-23)39-7-2)42(35,36)25-14-16-26(37-4)28(19-25)38-5/h9-16,18-20H,6-8,17,21H2,1-5H3,(H,32,34)/b31-20-. The number of carbonyl (C=O) groups excluding carboxylic acids is 1. The van der Waals surface area contributed by atoms with E-state index in [9.17, 15) is 13.2 Å². The van der Waals surface area contributed by atoms with Gasteiger partial charge in [0, 0.05) is 6.07 Å². The third kappa shape index (κ3) is 8.29. The minimum atomic E-state index is -4.22. The molecule has 0 aliphatic heterocycles. The zero-order chi connectivity index (χ0) is 30.5. The van der Waals surface area contributed by atoms with Crippen LogP contribution in [0.25, 0.3) is 0 Å². The van der Waals surface area contributed by atoms with Crippen LogP contribution >= 0.6 is 0 Å². The Balaban J connectivity index is 1.85. The second-order valence-corrected chi connectivity index (χ2v) is 10.6. The van der Waals surface area contributed by atoms with Crippen LogP contribution in [0.1, 0.15) is 32.8 Å². The van der Waals surface area contributed by atoms with E-state index in [1.807, 2.05) is 20.8 Å². The van der Waals surface area contributed by atoms with Gasteiger partial charge in [-0.05, 0) is 80.4 Å². The first-order valence-electron chi connectivity index (χ1n) is 13.5. The number of hydrazone groups is 1. The molecule has 11 nitrogen and oxygen atoms in total. The normalized spacial score (nSPS) is 11.2. The largest absolute Gasteiger partial charge is 0.494 e. The highest BCUT2D eigenvalue weighted by Crippen LogP contribution is 2.33. The first-order chi connectivity index (χ1) is 20.3. The van der Waals surface area contributed by atoms with Crippen LogP contribution in [-0.4, -0.2) is 61.1 Å². The molecule has 0 aliphatic carbocycles. The lowest BCUT2D eigenvalue weighted by Gasteiger charge is -2.24. The molecule has 0 radical (unpaired) electrons. The number of hydrogen-bond donors (Lipinski definition) is 1. The Bertz CT molecular complexity index is 1460. The molecule has 0 spiro atoms. The van der Waals surface area contributed by atoms with Crippen molar-refractivity contribution >= 4 is 27.8 Å². The van der Waals surface area contributed by atoms with Crippen molar-refractivity contribution in [3.05, 3.63) is 66.2 Å². The molecule has 0 aromatic heterocycles. The molecule has 0 saturated carbocycles. The molecule has 0 fully saturated rings. The van der Waals surface area contributed by atoms with Crippen LogP contribution < -0.4 is 33.4 Å². The smallest absolute Gasteiger partial charge is 0.264 e. The van der Waals surface area contributed by atoms with Crippen LogP contribution in [0.2, 0.25) is 0 Å². The van der Waals surface area contributed by atoms with Crippen molar-refractivity contribution in [2.75, 3.05) is 44.9 Å². The van der Waals surface area contributed by atoms with Gasteiger partial charge >= 0.3 is 0 Å².